The second kappa shape index (κ2) is 7.83. The molecule has 1 aromatic carbocycles. The van der Waals surface area contributed by atoms with E-state index in [1.165, 1.54) is 0 Å². The number of aliphatic hydroxyl groups excluding tert-OH is 1. The van der Waals surface area contributed by atoms with E-state index in [0.717, 1.165) is 18.4 Å². The van der Waals surface area contributed by atoms with Gasteiger partial charge in [-0.15, -0.1) is 34.0 Å². The molecule has 3 aliphatic rings. The molecule has 3 heterocycles. The topological polar surface area (TPSA) is 62.3 Å². The number of carbonyl (C=O) groups is 1. The van der Waals surface area contributed by atoms with Crippen LogP contribution in [0.2, 0.25) is 0 Å². The molecular weight excluding hydrogens is 442 g/mol. The van der Waals surface area contributed by atoms with Gasteiger partial charge in [0, 0.05) is 24.9 Å². The molecule has 134 valence electrons. The Hall–Kier alpha value is -0.470. The number of likely N-dealkylation sites (N-methyl/N-ethyl adjacent to an activating group) is 1. The van der Waals surface area contributed by atoms with E-state index in [-0.39, 0.29) is 52.6 Å². The van der Waals surface area contributed by atoms with E-state index in [1.807, 2.05) is 30.3 Å². The lowest BCUT2D eigenvalue weighted by atomic mass is 9.97. The maximum atomic E-state index is 12.4. The van der Waals surface area contributed by atoms with Crippen LogP contribution in [-0.2, 0) is 14.3 Å². The molecule has 0 aliphatic carbocycles. The molecule has 24 heavy (non-hydrogen) atoms. The molecule has 6 atom stereocenters. The molecule has 0 spiro atoms. The molecule has 4 rings (SSSR count). The molecule has 1 aromatic rings. The number of rotatable bonds is 4. The molecule has 7 heteroatoms. The highest BCUT2D eigenvalue weighted by Crippen LogP contribution is 2.48. The number of fused-ring (bicyclic) bond motifs is 5. The van der Waals surface area contributed by atoms with Crippen LogP contribution in [0.5, 0.6) is 0 Å². The molecule has 5 nitrogen and oxygen atoms in total. The third-order valence-corrected chi connectivity index (χ3v) is 5.33. The van der Waals surface area contributed by atoms with Gasteiger partial charge in [0.05, 0.1) is 6.61 Å². The molecule has 0 radical (unpaired) electrons. The second-order valence-corrected chi connectivity index (χ2v) is 6.54. The van der Waals surface area contributed by atoms with Gasteiger partial charge < -0.3 is 14.6 Å². The summed E-state index contributed by atoms with van der Waals surface area (Å²) in [4.78, 5) is 14.8. The van der Waals surface area contributed by atoms with Crippen LogP contribution in [0.15, 0.2) is 30.3 Å². The van der Waals surface area contributed by atoms with E-state index in [0.29, 0.717) is 24.3 Å². The van der Waals surface area contributed by atoms with Gasteiger partial charge in [0.1, 0.15) is 24.2 Å². The number of esters is 1. The molecule has 2 bridgehead atoms. The summed E-state index contributed by atoms with van der Waals surface area (Å²) in [5, 5.41) is 9.56. The van der Waals surface area contributed by atoms with Crippen LogP contribution < -0.4 is 0 Å². The van der Waals surface area contributed by atoms with E-state index in [2.05, 4.69) is 11.9 Å². The van der Waals surface area contributed by atoms with Crippen molar-refractivity contribution in [3.63, 3.8) is 0 Å². The summed E-state index contributed by atoms with van der Waals surface area (Å²) >= 11 is 0. The minimum absolute atomic E-state index is 0. The zero-order valence-corrected chi connectivity index (χ0v) is 16.8. The van der Waals surface area contributed by atoms with Gasteiger partial charge in [0.15, 0.2) is 0 Å². The number of halogens is 2. The van der Waals surface area contributed by atoms with Crippen molar-refractivity contribution >= 4 is 39.9 Å². The second-order valence-electron chi connectivity index (χ2n) is 6.54. The fourth-order valence-electron chi connectivity index (χ4n) is 4.04. The molecule has 3 fully saturated rings. The van der Waals surface area contributed by atoms with Gasteiger partial charge in [-0.3, -0.25) is 9.69 Å². The number of piperidine rings is 1. The predicted molar refractivity (Wildman–Crippen MR) is 100 cm³/mol. The van der Waals surface area contributed by atoms with Gasteiger partial charge in [-0.25, -0.2) is 0 Å². The van der Waals surface area contributed by atoms with Crippen LogP contribution in [0.3, 0.4) is 0 Å². The Morgan fingerprint density at radius 1 is 1.25 bits per heavy atom. The number of morpholine rings is 1. The minimum atomic E-state index is -0.593. The first-order valence-electron chi connectivity index (χ1n) is 7.92. The Morgan fingerprint density at radius 3 is 2.38 bits per heavy atom. The van der Waals surface area contributed by atoms with Crippen molar-refractivity contribution in [1.29, 1.82) is 0 Å². The number of epoxide rings is 1. The van der Waals surface area contributed by atoms with E-state index in [1.54, 1.807) is 0 Å². The molecule has 0 saturated carbocycles. The third-order valence-electron chi connectivity index (χ3n) is 5.33. The van der Waals surface area contributed by atoms with Crippen LogP contribution in [0, 0.1) is 0 Å². The monoisotopic (exact) mass is 463 g/mol. The van der Waals surface area contributed by atoms with Crippen molar-refractivity contribution in [3.8, 4) is 0 Å². The first-order valence-corrected chi connectivity index (χ1v) is 7.92. The minimum Gasteiger partial charge on any atom is -0.462 e. The molecule has 0 unspecified atom stereocenters. The Kier molecular flexibility index (Phi) is 6.47. The number of hydrogen-bond donors (Lipinski definition) is 1. The summed E-state index contributed by atoms with van der Waals surface area (Å²) in [6, 6.07) is 10.1. The molecule has 0 amide bonds. The Labute approximate surface area is 162 Å². The average molecular weight is 465 g/mol. The number of hydrogen-bond acceptors (Lipinski definition) is 5. The van der Waals surface area contributed by atoms with E-state index in [4.69, 9.17) is 9.47 Å². The lowest BCUT2D eigenvalue weighted by molar-refractivity contribution is -0.156. The standard InChI is InChI=1S/C17H21NO4.2BrH/c1-18-13-7-11(8-14(18)16-15(13)22-16)21-17(20)12(9-19)10-5-3-2-4-6-10;;/h2-6,11-16,19H,7-9H2,1H3;2*1H/t11-,12-,13-,14+,15-,16+;;/m1../s1. The maximum absolute atomic E-state index is 12.4. The van der Waals surface area contributed by atoms with Crippen molar-refractivity contribution < 1.29 is 19.4 Å². The maximum Gasteiger partial charge on any atom is 0.316 e. The lowest BCUT2D eigenvalue weighted by Crippen LogP contribution is -2.48. The van der Waals surface area contributed by atoms with Crippen molar-refractivity contribution in [2.75, 3.05) is 13.7 Å². The Bertz CT molecular complexity index is 555. The molecule has 3 aliphatic heterocycles. The van der Waals surface area contributed by atoms with E-state index >= 15 is 0 Å². The quantitative estimate of drug-likeness (QED) is 0.546. The highest BCUT2D eigenvalue weighted by molar-refractivity contribution is 8.93. The SMILES string of the molecule is Br.Br.CN1[C@@H]2C[C@@H](OC(=O)[C@H](CO)c3ccccc3)C[C@H]1[C@@H]1O[C@@H]12. The number of carbonyl (C=O) groups excluding carboxylic acids is 1. The van der Waals surface area contributed by atoms with Crippen molar-refractivity contribution in [2.45, 2.75) is 49.2 Å². The van der Waals surface area contributed by atoms with Gasteiger partial charge >= 0.3 is 5.97 Å². The first kappa shape index (κ1) is 19.8. The summed E-state index contributed by atoms with van der Waals surface area (Å²) in [5.41, 5.74) is 0.803. The van der Waals surface area contributed by atoms with Gasteiger partial charge in [-0.05, 0) is 12.6 Å². The van der Waals surface area contributed by atoms with Crippen LogP contribution in [0.4, 0.5) is 0 Å². The number of nitrogens with zero attached hydrogens (tertiary/aromatic N) is 1. The highest BCUT2D eigenvalue weighted by Gasteiger charge is 2.62. The molecule has 1 N–H and O–H groups in total. The number of aliphatic hydroxyl groups is 1. The smallest absolute Gasteiger partial charge is 0.316 e. The zero-order valence-electron chi connectivity index (χ0n) is 13.4. The normalized spacial score (nSPS) is 34.3. The van der Waals surface area contributed by atoms with Gasteiger partial charge in [0.25, 0.3) is 0 Å². The summed E-state index contributed by atoms with van der Waals surface area (Å²) in [5.74, 6) is -0.915. The zero-order chi connectivity index (χ0) is 15.3. The van der Waals surface area contributed by atoms with E-state index in [9.17, 15) is 9.90 Å². The van der Waals surface area contributed by atoms with Gasteiger partial charge in [0.2, 0.25) is 0 Å². The average Bonchev–Trinajstić information content (AvgIpc) is 3.27. The van der Waals surface area contributed by atoms with Crippen molar-refractivity contribution in [1.82, 2.24) is 4.90 Å². The van der Waals surface area contributed by atoms with Crippen LogP contribution in [0.1, 0.15) is 24.3 Å². The van der Waals surface area contributed by atoms with Crippen LogP contribution >= 0.6 is 34.0 Å². The summed E-state index contributed by atoms with van der Waals surface area (Å²) in [6.45, 7) is -0.226. The van der Waals surface area contributed by atoms with Crippen molar-refractivity contribution in [2.24, 2.45) is 0 Å². The van der Waals surface area contributed by atoms with Crippen LogP contribution in [0.25, 0.3) is 0 Å². The summed E-state index contributed by atoms with van der Waals surface area (Å²) < 4.78 is 11.4. The van der Waals surface area contributed by atoms with Crippen LogP contribution in [-0.4, -0.2) is 60.0 Å². The van der Waals surface area contributed by atoms with E-state index < -0.39 is 5.92 Å². The summed E-state index contributed by atoms with van der Waals surface area (Å²) in [7, 11) is 2.13. The number of benzene rings is 1. The van der Waals surface area contributed by atoms with Crippen molar-refractivity contribution in [3.05, 3.63) is 35.9 Å². The fourth-order valence-corrected chi connectivity index (χ4v) is 4.04. The third kappa shape index (κ3) is 3.42. The molecular formula is C17H23Br2NO4. The molecule has 0 aromatic heterocycles. The lowest BCUT2D eigenvalue weighted by Gasteiger charge is -2.38. The van der Waals surface area contributed by atoms with Gasteiger partial charge in [-0.1, -0.05) is 30.3 Å². The highest BCUT2D eigenvalue weighted by atomic mass is 79.9. The Morgan fingerprint density at radius 2 is 1.83 bits per heavy atom. The molecule has 3 saturated heterocycles. The predicted octanol–water partition coefficient (Wildman–Crippen LogP) is 2.07. The largest absolute Gasteiger partial charge is 0.462 e. The summed E-state index contributed by atoms with van der Waals surface area (Å²) in [6.07, 6.45) is 2.26. The first-order chi connectivity index (χ1) is 10.7. The van der Waals surface area contributed by atoms with Gasteiger partial charge in [-0.2, -0.15) is 0 Å². The Balaban J connectivity index is 0.00000104. The fraction of sp³-hybridized carbons (Fsp3) is 0.588. The number of ether oxygens (including phenoxy) is 2.